The van der Waals surface area contributed by atoms with Crippen LogP contribution in [-0.4, -0.2) is 29.2 Å². The maximum Gasteiger partial charge on any atom is 0.333 e. The van der Waals surface area contributed by atoms with E-state index in [4.69, 9.17) is 4.74 Å². The van der Waals surface area contributed by atoms with Crippen LogP contribution in [0.1, 0.15) is 34.1 Å². The Bertz CT molecular complexity index is 194. The summed E-state index contributed by atoms with van der Waals surface area (Å²) in [7, 11) is 2.08. The molecule has 1 heterocycles. The molecule has 0 spiro atoms. The van der Waals surface area contributed by atoms with Crippen LogP contribution >= 0.6 is 0 Å². The van der Waals surface area contributed by atoms with Gasteiger partial charge in [-0.25, -0.2) is 4.58 Å². The summed E-state index contributed by atoms with van der Waals surface area (Å²) in [6.07, 6.45) is 1.46. The maximum atomic E-state index is 5.58. The lowest BCUT2D eigenvalue weighted by molar-refractivity contribution is -0.594. The summed E-state index contributed by atoms with van der Waals surface area (Å²) in [5.74, 6) is 1.04. The standard InChI is InChI=1S/C9H18NO/c1-7-6-9(3,4)10(5)8(2)11-7/h7H,6H2,1-5H3/q+1. The van der Waals surface area contributed by atoms with E-state index in [0.717, 1.165) is 12.3 Å². The van der Waals surface area contributed by atoms with Crippen LogP contribution in [0, 0.1) is 0 Å². The summed E-state index contributed by atoms with van der Waals surface area (Å²) in [6, 6.07) is 0. The van der Waals surface area contributed by atoms with E-state index >= 15 is 0 Å². The minimum atomic E-state index is 0.252. The van der Waals surface area contributed by atoms with Gasteiger partial charge in [0.2, 0.25) is 0 Å². The molecule has 0 saturated heterocycles. The number of hydrogen-bond donors (Lipinski definition) is 0. The van der Waals surface area contributed by atoms with Gasteiger partial charge in [0, 0.05) is 20.3 Å². The maximum absolute atomic E-state index is 5.58. The summed E-state index contributed by atoms with van der Waals surface area (Å²) in [5.41, 5.74) is 0.252. The second-order valence-electron chi connectivity index (χ2n) is 4.02. The number of rotatable bonds is 0. The van der Waals surface area contributed by atoms with Crippen molar-refractivity contribution in [3.05, 3.63) is 0 Å². The largest absolute Gasteiger partial charge is 0.445 e. The average Bonchev–Trinajstić information content (AvgIpc) is 1.81. The Morgan fingerprint density at radius 1 is 1.55 bits per heavy atom. The van der Waals surface area contributed by atoms with Crippen molar-refractivity contribution in [1.29, 1.82) is 0 Å². The molecule has 64 valence electrons. The molecule has 0 aromatic carbocycles. The molecular weight excluding hydrogens is 138 g/mol. The Balaban J connectivity index is 2.93. The Morgan fingerprint density at radius 3 is 2.55 bits per heavy atom. The molecule has 2 nitrogen and oxygen atoms in total. The van der Waals surface area contributed by atoms with Gasteiger partial charge < -0.3 is 4.74 Å². The Hall–Kier alpha value is -0.530. The molecule has 1 aliphatic rings. The second kappa shape index (κ2) is 2.50. The van der Waals surface area contributed by atoms with Crippen molar-refractivity contribution in [3.63, 3.8) is 0 Å². The molecule has 0 N–H and O–H groups in total. The van der Waals surface area contributed by atoms with Crippen LogP contribution in [0.4, 0.5) is 0 Å². The summed E-state index contributed by atoms with van der Waals surface area (Å²) in [6.45, 7) is 8.64. The fraction of sp³-hybridized carbons (Fsp3) is 0.889. The molecule has 0 aromatic rings. The third-order valence-corrected chi connectivity index (χ3v) is 2.54. The lowest BCUT2D eigenvalue weighted by Gasteiger charge is -2.30. The summed E-state index contributed by atoms with van der Waals surface area (Å²) in [4.78, 5) is 0. The van der Waals surface area contributed by atoms with Gasteiger partial charge in [0.1, 0.15) is 13.2 Å². The van der Waals surface area contributed by atoms with E-state index < -0.39 is 0 Å². The fourth-order valence-electron chi connectivity index (χ4n) is 1.68. The van der Waals surface area contributed by atoms with Crippen LogP contribution in [-0.2, 0) is 4.74 Å². The molecule has 0 aliphatic carbocycles. The molecule has 2 heteroatoms. The molecule has 0 radical (unpaired) electrons. The van der Waals surface area contributed by atoms with Crippen molar-refractivity contribution in [2.24, 2.45) is 0 Å². The van der Waals surface area contributed by atoms with Gasteiger partial charge >= 0.3 is 5.90 Å². The highest BCUT2D eigenvalue weighted by molar-refractivity contribution is 5.68. The first kappa shape index (κ1) is 8.57. The van der Waals surface area contributed by atoms with Gasteiger partial charge in [0.15, 0.2) is 5.54 Å². The van der Waals surface area contributed by atoms with E-state index in [1.54, 1.807) is 0 Å². The van der Waals surface area contributed by atoms with Crippen LogP contribution in [0.25, 0.3) is 0 Å². The molecule has 1 rings (SSSR count). The molecule has 0 bridgehead atoms. The minimum absolute atomic E-state index is 0.252. The number of ether oxygens (including phenoxy) is 1. The van der Waals surface area contributed by atoms with Crippen molar-refractivity contribution < 1.29 is 9.31 Å². The molecule has 1 unspecified atom stereocenters. The van der Waals surface area contributed by atoms with Gasteiger partial charge in [0.25, 0.3) is 0 Å². The number of nitrogens with zero attached hydrogens (tertiary/aromatic N) is 1. The van der Waals surface area contributed by atoms with Gasteiger partial charge in [-0.15, -0.1) is 0 Å². The first-order valence-corrected chi connectivity index (χ1v) is 4.17. The lowest BCUT2D eigenvalue weighted by atomic mass is 9.95. The van der Waals surface area contributed by atoms with E-state index in [2.05, 4.69) is 32.4 Å². The predicted molar refractivity (Wildman–Crippen MR) is 46.1 cm³/mol. The Morgan fingerprint density at radius 2 is 2.09 bits per heavy atom. The van der Waals surface area contributed by atoms with Crippen LogP contribution in [0.5, 0.6) is 0 Å². The first-order valence-electron chi connectivity index (χ1n) is 4.17. The smallest absolute Gasteiger partial charge is 0.333 e. The topological polar surface area (TPSA) is 12.2 Å². The minimum Gasteiger partial charge on any atom is -0.445 e. The molecule has 11 heavy (non-hydrogen) atoms. The third-order valence-electron chi connectivity index (χ3n) is 2.54. The van der Waals surface area contributed by atoms with Gasteiger partial charge in [-0.05, 0) is 6.92 Å². The SMILES string of the molecule is CC1=[N+](C)C(C)(C)CC(C)O1. The van der Waals surface area contributed by atoms with Gasteiger partial charge in [-0.1, -0.05) is 0 Å². The van der Waals surface area contributed by atoms with Crippen LogP contribution < -0.4 is 0 Å². The highest BCUT2D eigenvalue weighted by Gasteiger charge is 2.37. The van der Waals surface area contributed by atoms with E-state index in [1.165, 1.54) is 0 Å². The zero-order valence-electron chi connectivity index (χ0n) is 8.14. The highest BCUT2D eigenvalue weighted by atomic mass is 16.5. The summed E-state index contributed by atoms with van der Waals surface area (Å²) in [5, 5.41) is 0. The Labute approximate surface area is 68.9 Å². The van der Waals surface area contributed by atoms with Crippen LogP contribution in [0.15, 0.2) is 0 Å². The first-order chi connectivity index (χ1) is 4.93. The predicted octanol–water partition coefficient (Wildman–Crippen LogP) is 1.63. The highest BCUT2D eigenvalue weighted by Crippen LogP contribution is 2.21. The lowest BCUT2D eigenvalue weighted by Crippen LogP contribution is -2.46. The molecule has 1 atom stereocenters. The van der Waals surface area contributed by atoms with Crippen molar-refractivity contribution in [2.45, 2.75) is 45.8 Å². The summed E-state index contributed by atoms with van der Waals surface area (Å²) >= 11 is 0. The average molecular weight is 156 g/mol. The third kappa shape index (κ3) is 1.55. The monoisotopic (exact) mass is 156 g/mol. The van der Waals surface area contributed by atoms with E-state index in [1.807, 2.05) is 6.92 Å². The fourth-order valence-corrected chi connectivity index (χ4v) is 1.68. The van der Waals surface area contributed by atoms with Crippen LogP contribution in [0.3, 0.4) is 0 Å². The molecular formula is C9H18NO+. The van der Waals surface area contributed by atoms with Gasteiger partial charge in [-0.2, -0.15) is 0 Å². The number of hydrogen-bond acceptors (Lipinski definition) is 1. The quantitative estimate of drug-likeness (QED) is 0.486. The van der Waals surface area contributed by atoms with Gasteiger partial charge in [0.05, 0.1) is 6.92 Å². The summed E-state index contributed by atoms with van der Waals surface area (Å²) < 4.78 is 7.78. The Kier molecular flexibility index (Phi) is 1.95. The zero-order chi connectivity index (χ0) is 8.65. The normalized spacial score (nSPS) is 30.1. The van der Waals surface area contributed by atoms with E-state index in [-0.39, 0.29) is 5.54 Å². The van der Waals surface area contributed by atoms with Crippen molar-refractivity contribution in [1.82, 2.24) is 0 Å². The van der Waals surface area contributed by atoms with E-state index in [0.29, 0.717) is 6.10 Å². The molecule has 1 aliphatic heterocycles. The molecule has 0 saturated carbocycles. The molecule has 0 fully saturated rings. The zero-order valence-corrected chi connectivity index (χ0v) is 8.14. The molecule has 0 amide bonds. The van der Waals surface area contributed by atoms with Gasteiger partial charge in [-0.3, -0.25) is 0 Å². The van der Waals surface area contributed by atoms with Crippen molar-refractivity contribution in [2.75, 3.05) is 7.05 Å². The van der Waals surface area contributed by atoms with Crippen LogP contribution in [0.2, 0.25) is 0 Å². The van der Waals surface area contributed by atoms with E-state index in [9.17, 15) is 0 Å². The van der Waals surface area contributed by atoms with Crippen molar-refractivity contribution >= 4 is 5.90 Å². The second-order valence-corrected chi connectivity index (χ2v) is 4.02. The van der Waals surface area contributed by atoms with Crippen molar-refractivity contribution in [3.8, 4) is 0 Å². The molecule has 0 aromatic heterocycles.